The molecule has 182 valence electrons. The van der Waals surface area contributed by atoms with E-state index < -0.39 is 12.1 Å². The van der Waals surface area contributed by atoms with Gasteiger partial charge >= 0.3 is 12.1 Å². The molecule has 1 aliphatic carbocycles. The van der Waals surface area contributed by atoms with Crippen LogP contribution in [0.15, 0.2) is 54.7 Å². The van der Waals surface area contributed by atoms with Gasteiger partial charge in [-0.1, -0.05) is 48.5 Å². The monoisotopic (exact) mass is 476 g/mol. The fraction of sp³-hybridized carbons (Fsp3) is 0.308. The normalized spacial score (nSPS) is 12.0. The van der Waals surface area contributed by atoms with E-state index in [2.05, 4.69) is 40.0 Å². The van der Waals surface area contributed by atoms with E-state index in [1.54, 1.807) is 7.05 Å². The van der Waals surface area contributed by atoms with E-state index in [0.29, 0.717) is 24.9 Å². The zero-order valence-electron chi connectivity index (χ0n) is 19.5. The quantitative estimate of drug-likeness (QED) is 0.385. The first-order valence-electron chi connectivity index (χ1n) is 11.6. The molecule has 0 spiro atoms. The third-order valence-corrected chi connectivity index (χ3v) is 6.14. The second-order valence-corrected chi connectivity index (χ2v) is 8.43. The number of fused-ring (bicyclic) bond motifs is 3. The molecular weight excluding hydrogens is 448 g/mol. The number of hydrogen-bond acceptors (Lipinski definition) is 5. The Balaban J connectivity index is 1.15. The predicted octanol–water partition coefficient (Wildman–Crippen LogP) is 3.44. The van der Waals surface area contributed by atoms with Gasteiger partial charge in [0.15, 0.2) is 5.69 Å². The van der Waals surface area contributed by atoms with Gasteiger partial charge in [0.1, 0.15) is 6.61 Å². The van der Waals surface area contributed by atoms with E-state index in [1.165, 1.54) is 22.0 Å². The summed E-state index contributed by atoms with van der Waals surface area (Å²) in [5.41, 5.74) is 5.18. The maximum Gasteiger partial charge on any atom is 0.407 e. The Bertz CT molecular complexity index is 1190. The van der Waals surface area contributed by atoms with Crippen LogP contribution in [0, 0.1) is 0 Å². The number of carbonyl (C=O) groups is 3. The Kier molecular flexibility index (Phi) is 7.45. The van der Waals surface area contributed by atoms with Crippen molar-refractivity contribution in [2.24, 2.45) is 7.05 Å². The van der Waals surface area contributed by atoms with Crippen LogP contribution in [0.4, 0.5) is 4.79 Å². The molecule has 4 rings (SSSR count). The minimum Gasteiger partial charge on any atom is -0.477 e. The van der Waals surface area contributed by atoms with Crippen LogP contribution in [-0.2, 0) is 23.1 Å². The number of aryl methyl sites for hydroxylation is 1. The molecule has 1 aromatic heterocycles. The number of amides is 2. The van der Waals surface area contributed by atoms with Crippen molar-refractivity contribution in [2.45, 2.75) is 31.7 Å². The molecule has 9 nitrogen and oxygen atoms in total. The number of aromatic carboxylic acids is 1. The fourth-order valence-electron chi connectivity index (χ4n) is 4.42. The number of alkyl carbamates (subject to hydrolysis) is 1. The van der Waals surface area contributed by atoms with Crippen LogP contribution in [0.25, 0.3) is 11.1 Å². The Morgan fingerprint density at radius 3 is 2.31 bits per heavy atom. The van der Waals surface area contributed by atoms with Gasteiger partial charge in [-0.05, 0) is 35.1 Å². The number of hydrogen-bond donors (Lipinski definition) is 3. The molecule has 0 unspecified atom stereocenters. The van der Waals surface area contributed by atoms with Gasteiger partial charge in [-0.2, -0.15) is 5.10 Å². The van der Waals surface area contributed by atoms with Crippen molar-refractivity contribution in [3.05, 3.63) is 77.1 Å². The summed E-state index contributed by atoms with van der Waals surface area (Å²) < 4.78 is 6.76. The Morgan fingerprint density at radius 2 is 1.66 bits per heavy atom. The average molecular weight is 477 g/mol. The molecule has 1 heterocycles. The molecule has 0 aliphatic heterocycles. The minimum absolute atomic E-state index is 0.0123. The van der Waals surface area contributed by atoms with Crippen LogP contribution >= 0.6 is 0 Å². The van der Waals surface area contributed by atoms with Crippen molar-refractivity contribution >= 4 is 18.0 Å². The number of aromatic nitrogens is 2. The summed E-state index contributed by atoms with van der Waals surface area (Å²) >= 11 is 0. The summed E-state index contributed by atoms with van der Waals surface area (Å²) in [6.45, 7) is 0.761. The SMILES string of the molecule is Cn1ncc(CNC(=O)CCCCNC(=O)OCC2c3ccccc3-c3ccccc32)c1C(=O)O. The fourth-order valence-corrected chi connectivity index (χ4v) is 4.42. The molecule has 0 atom stereocenters. The topological polar surface area (TPSA) is 123 Å². The lowest BCUT2D eigenvalue weighted by Gasteiger charge is -2.14. The van der Waals surface area contributed by atoms with Crippen LogP contribution in [0.2, 0.25) is 0 Å². The summed E-state index contributed by atoms with van der Waals surface area (Å²) in [5.74, 6) is -1.27. The van der Waals surface area contributed by atoms with Crippen LogP contribution in [0.5, 0.6) is 0 Å². The summed E-state index contributed by atoms with van der Waals surface area (Å²) in [6, 6.07) is 16.3. The molecule has 2 aromatic carbocycles. The van der Waals surface area contributed by atoms with E-state index in [-0.39, 0.29) is 37.1 Å². The standard InChI is InChI=1S/C26H28N4O5/c1-30-24(25(32)33)17(15-29-30)14-28-23(31)12-6-7-13-27-26(34)35-16-22-20-10-4-2-8-18(20)19-9-3-5-11-21(19)22/h2-5,8-11,15,22H,6-7,12-14,16H2,1H3,(H,27,34)(H,28,31)(H,32,33). The van der Waals surface area contributed by atoms with E-state index in [4.69, 9.17) is 4.74 Å². The van der Waals surface area contributed by atoms with Crippen molar-refractivity contribution in [1.82, 2.24) is 20.4 Å². The van der Waals surface area contributed by atoms with E-state index >= 15 is 0 Å². The maximum absolute atomic E-state index is 12.2. The molecule has 0 bridgehead atoms. The highest BCUT2D eigenvalue weighted by molar-refractivity contribution is 5.87. The van der Waals surface area contributed by atoms with Crippen molar-refractivity contribution in [3.8, 4) is 11.1 Å². The number of carboxylic acid groups (broad SMARTS) is 1. The molecule has 0 fully saturated rings. The van der Waals surface area contributed by atoms with Gasteiger partial charge in [0.25, 0.3) is 0 Å². The molecule has 3 N–H and O–H groups in total. The molecule has 1 aliphatic rings. The zero-order valence-corrected chi connectivity index (χ0v) is 19.5. The van der Waals surface area contributed by atoms with Gasteiger partial charge in [-0.3, -0.25) is 9.48 Å². The predicted molar refractivity (Wildman–Crippen MR) is 129 cm³/mol. The van der Waals surface area contributed by atoms with Crippen LogP contribution in [0.1, 0.15) is 52.4 Å². The number of nitrogens with one attached hydrogen (secondary N) is 2. The van der Waals surface area contributed by atoms with E-state index in [9.17, 15) is 19.5 Å². The second kappa shape index (κ2) is 10.9. The first kappa shape index (κ1) is 24.0. The minimum atomic E-state index is -1.09. The van der Waals surface area contributed by atoms with Gasteiger partial charge in [-0.25, -0.2) is 9.59 Å². The molecule has 35 heavy (non-hydrogen) atoms. The number of unbranched alkanes of at least 4 members (excludes halogenated alkanes) is 1. The van der Waals surface area contributed by atoms with E-state index in [1.807, 2.05) is 24.3 Å². The highest BCUT2D eigenvalue weighted by Crippen LogP contribution is 2.44. The Labute approximate surface area is 203 Å². The lowest BCUT2D eigenvalue weighted by Crippen LogP contribution is -2.27. The van der Waals surface area contributed by atoms with Crippen LogP contribution in [0.3, 0.4) is 0 Å². The zero-order chi connectivity index (χ0) is 24.8. The van der Waals surface area contributed by atoms with E-state index in [0.717, 1.165) is 11.1 Å². The lowest BCUT2D eigenvalue weighted by molar-refractivity contribution is -0.121. The number of carbonyl (C=O) groups excluding carboxylic acids is 2. The van der Waals surface area contributed by atoms with Gasteiger partial charge < -0.3 is 20.5 Å². The Hall–Kier alpha value is -4.14. The largest absolute Gasteiger partial charge is 0.477 e. The Morgan fingerprint density at radius 1 is 1.00 bits per heavy atom. The van der Waals surface area contributed by atoms with Crippen LogP contribution in [-0.4, -0.2) is 46.0 Å². The first-order chi connectivity index (χ1) is 17.0. The first-order valence-corrected chi connectivity index (χ1v) is 11.6. The van der Waals surface area contributed by atoms with Gasteiger partial charge in [-0.15, -0.1) is 0 Å². The summed E-state index contributed by atoms with van der Waals surface area (Å²) in [7, 11) is 1.54. The maximum atomic E-state index is 12.2. The highest BCUT2D eigenvalue weighted by Gasteiger charge is 2.28. The van der Waals surface area contributed by atoms with Crippen LogP contribution < -0.4 is 10.6 Å². The lowest BCUT2D eigenvalue weighted by atomic mass is 9.98. The molecule has 2 amide bonds. The molecule has 9 heteroatoms. The summed E-state index contributed by atoms with van der Waals surface area (Å²) in [5, 5.41) is 18.6. The molecule has 0 saturated carbocycles. The number of rotatable bonds is 10. The number of ether oxygens (including phenoxy) is 1. The number of carboxylic acids is 1. The average Bonchev–Trinajstić information content (AvgIpc) is 3.38. The molecular formula is C26H28N4O5. The molecule has 3 aromatic rings. The number of benzene rings is 2. The second-order valence-electron chi connectivity index (χ2n) is 8.43. The smallest absolute Gasteiger partial charge is 0.407 e. The molecule has 0 radical (unpaired) electrons. The van der Waals surface area contributed by atoms with Crippen molar-refractivity contribution in [1.29, 1.82) is 0 Å². The van der Waals surface area contributed by atoms with Gasteiger partial charge in [0.2, 0.25) is 5.91 Å². The third-order valence-electron chi connectivity index (χ3n) is 6.14. The third kappa shape index (κ3) is 5.51. The summed E-state index contributed by atoms with van der Waals surface area (Å²) in [4.78, 5) is 35.5. The molecule has 0 saturated heterocycles. The summed E-state index contributed by atoms with van der Waals surface area (Å²) in [6.07, 6.45) is 2.42. The van der Waals surface area contributed by atoms with Gasteiger partial charge in [0, 0.05) is 38.0 Å². The van der Waals surface area contributed by atoms with Gasteiger partial charge in [0.05, 0.1) is 6.20 Å². The van der Waals surface area contributed by atoms with Crippen molar-refractivity contribution < 1.29 is 24.2 Å². The number of nitrogens with zero attached hydrogens (tertiary/aromatic N) is 2. The van der Waals surface area contributed by atoms with Crippen molar-refractivity contribution in [3.63, 3.8) is 0 Å². The van der Waals surface area contributed by atoms with Crippen molar-refractivity contribution in [2.75, 3.05) is 13.2 Å². The highest BCUT2D eigenvalue weighted by atomic mass is 16.5.